The maximum absolute atomic E-state index is 10.9. The minimum Gasteiger partial charge on any atom is -0.342 e. The summed E-state index contributed by atoms with van der Waals surface area (Å²) >= 11 is 0. The van der Waals surface area contributed by atoms with E-state index in [1.54, 1.807) is 18.9 Å². The lowest BCUT2D eigenvalue weighted by Gasteiger charge is -2.10. The van der Waals surface area contributed by atoms with E-state index in [2.05, 4.69) is 0 Å². The van der Waals surface area contributed by atoms with Gasteiger partial charge in [0.25, 0.3) is 0 Å². The van der Waals surface area contributed by atoms with Gasteiger partial charge in [-0.1, -0.05) is 42.5 Å². The molecule has 2 heteroatoms. The number of carbonyl (C=O) groups excluding carboxylic acids is 1. The predicted molar refractivity (Wildman–Crippen MR) is 58.8 cm³/mol. The van der Waals surface area contributed by atoms with Gasteiger partial charge in [0.1, 0.15) is 0 Å². The summed E-state index contributed by atoms with van der Waals surface area (Å²) in [4.78, 5) is 12.5. The van der Waals surface area contributed by atoms with Crippen molar-refractivity contribution in [2.75, 3.05) is 13.6 Å². The number of nitrogens with zero attached hydrogens (tertiary/aromatic N) is 1. The van der Waals surface area contributed by atoms with Crippen LogP contribution in [0.15, 0.2) is 36.4 Å². The van der Waals surface area contributed by atoms with Crippen LogP contribution in [0.1, 0.15) is 12.5 Å². The molecule has 0 fully saturated rings. The molecule has 0 saturated heterocycles. The fraction of sp³-hybridized carbons (Fsp3) is 0.250. The highest BCUT2D eigenvalue weighted by Crippen LogP contribution is 2.00. The molecule has 0 heterocycles. The lowest BCUT2D eigenvalue weighted by atomic mass is 10.2. The Hall–Kier alpha value is -1.57. The SMILES string of the molecule is CC(=O)N(C)C/C=C/c1ccccc1. The highest BCUT2D eigenvalue weighted by atomic mass is 16.2. The summed E-state index contributed by atoms with van der Waals surface area (Å²) in [5.74, 6) is 0.0858. The molecule has 0 aliphatic carbocycles. The predicted octanol–water partition coefficient (Wildman–Crippen LogP) is 2.18. The van der Waals surface area contributed by atoms with Crippen molar-refractivity contribution in [2.24, 2.45) is 0 Å². The highest BCUT2D eigenvalue weighted by Gasteiger charge is 1.96. The van der Waals surface area contributed by atoms with Crippen LogP contribution in [0.5, 0.6) is 0 Å². The number of carbonyl (C=O) groups is 1. The van der Waals surface area contributed by atoms with Crippen LogP contribution in [-0.2, 0) is 4.79 Å². The molecule has 0 spiro atoms. The van der Waals surface area contributed by atoms with E-state index in [9.17, 15) is 4.79 Å². The number of hydrogen-bond donors (Lipinski definition) is 0. The van der Waals surface area contributed by atoms with Crippen LogP contribution in [0.4, 0.5) is 0 Å². The Morgan fingerprint density at radius 2 is 2.00 bits per heavy atom. The lowest BCUT2D eigenvalue weighted by molar-refractivity contribution is -0.127. The zero-order valence-electron chi connectivity index (χ0n) is 8.60. The first-order valence-electron chi connectivity index (χ1n) is 4.63. The molecule has 0 aliphatic heterocycles. The summed E-state index contributed by atoms with van der Waals surface area (Å²) in [5.41, 5.74) is 1.16. The quantitative estimate of drug-likeness (QED) is 0.713. The average molecular weight is 189 g/mol. The monoisotopic (exact) mass is 189 g/mol. The molecule has 0 radical (unpaired) electrons. The first-order chi connectivity index (χ1) is 6.70. The van der Waals surface area contributed by atoms with Crippen molar-refractivity contribution < 1.29 is 4.79 Å². The van der Waals surface area contributed by atoms with Gasteiger partial charge in [-0.05, 0) is 5.56 Å². The van der Waals surface area contributed by atoms with Crippen molar-refractivity contribution in [3.8, 4) is 0 Å². The van der Waals surface area contributed by atoms with E-state index in [4.69, 9.17) is 0 Å². The summed E-state index contributed by atoms with van der Waals surface area (Å²) in [7, 11) is 1.79. The third-order valence-electron chi connectivity index (χ3n) is 2.03. The van der Waals surface area contributed by atoms with Crippen LogP contribution in [0.25, 0.3) is 6.08 Å². The van der Waals surface area contributed by atoms with Gasteiger partial charge < -0.3 is 4.90 Å². The zero-order chi connectivity index (χ0) is 10.4. The molecule has 0 unspecified atom stereocenters. The van der Waals surface area contributed by atoms with E-state index < -0.39 is 0 Å². The second-order valence-corrected chi connectivity index (χ2v) is 3.21. The van der Waals surface area contributed by atoms with Crippen LogP contribution in [0.2, 0.25) is 0 Å². The third kappa shape index (κ3) is 3.44. The van der Waals surface area contributed by atoms with Gasteiger partial charge in [-0.3, -0.25) is 4.79 Å². The fourth-order valence-electron chi connectivity index (χ4n) is 1.04. The van der Waals surface area contributed by atoms with Gasteiger partial charge in [0, 0.05) is 20.5 Å². The van der Waals surface area contributed by atoms with E-state index >= 15 is 0 Å². The summed E-state index contributed by atoms with van der Waals surface area (Å²) in [6.07, 6.45) is 4.00. The molecule has 0 saturated carbocycles. The van der Waals surface area contributed by atoms with Gasteiger partial charge >= 0.3 is 0 Å². The van der Waals surface area contributed by atoms with Crippen LogP contribution >= 0.6 is 0 Å². The Labute approximate surface area is 84.9 Å². The summed E-state index contributed by atoms with van der Waals surface area (Å²) < 4.78 is 0. The normalized spacial score (nSPS) is 10.4. The first-order valence-corrected chi connectivity index (χ1v) is 4.63. The third-order valence-corrected chi connectivity index (χ3v) is 2.03. The van der Waals surface area contributed by atoms with E-state index in [1.807, 2.05) is 42.5 Å². The van der Waals surface area contributed by atoms with Crippen LogP contribution in [0.3, 0.4) is 0 Å². The lowest BCUT2D eigenvalue weighted by Crippen LogP contribution is -2.23. The van der Waals surface area contributed by atoms with E-state index in [1.165, 1.54) is 0 Å². The number of rotatable bonds is 3. The van der Waals surface area contributed by atoms with Gasteiger partial charge in [-0.25, -0.2) is 0 Å². The topological polar surface area (TPSA) is 20.3 Å². The Morgan fingerprint density at radius 3 is 2.57 bits per heavy atom. The maximum Gasteiger partial charge on any atom is 0.219 e. The molecule has 14 heavy (non-hydrogen) atoms. The Kier molecular flexibility index (Phi) is 3.92. The number of amides is 1. The summed E-state index contributed by atoms with van der Waals surface area (Å²) in [6.45, 7) is 2.22. The molecule has 0 atom stereocenters. The molecule has 1 amide bonds. The summed E-state index contributed by atoms with van der Waals surface area (Å²) in [5, 5.41) is 0. The highest BCUT2D eigenvalue weighted by molar-refractivity contribution is 5.73. The van der Waals surface area contributed by atoms with E-state index in [0.717, 1.165) is 5.56 Å². The Morgan fingerprint density at radius 1 is 1.36 bits per heavy atom. The molecule has 0 aliphatic rings. The van der Waals surface area contributed by atoms with E-state index in [0.29, 0.717) is 6.54 Å². The molecule has 74 valence electrons. The molecule has 0 bridgehead atoms. The van der Waals surface area contributed by atoms with Gasteiger partial charge in [0.2, 0.25) is 5.91 Å². The molecule has 1 aromatic rings. The van der Waals surface area contributed by atoms with Crippen molar-refractivity contribution in [1.29, 1.82) is 0 Å². The maximum atomic E-state index is 10.9. The second kappa shape index (κ2) is 5.22. The molecule has 1 rings (SSSR count). The molecular formula is C12H15NO. The van der Waals surface area contributed by atoms with Crippen molar-refractivity contribution in [2.45, 2.75) is 6.92 Å². The molecule has 0 aromatic heterocycles. The van der Waals surface area contributed by atoms with E-state index in [-0.39, 0.29) is 5.91 Å². The number of benzene rings is 1. The molecular weight excluding hydrogens is 174 g/mol. The standard InChI is InChI=1S/C12H15NO/c1-11(14)13(2)10-6-9-12-7-4-3-5-8-12/h3-9H,10H2,1-2H3/b9-6+. The number of hydrogen-bond acceptors (Lipinski definition) is 1. The van der Waals surface area contributed by atoms with Crippen LogP contribution in [0, 0.1) is 0 Å². The fourth-order valence-corrected chi connectivity index (χ4v) is 1.04. The van der Waals surface area contributed by atoms with Gasteiger partial charge in [0.15, 0.2) is 0 Å². The minimum absolute atomic E-state index is 0.0858. The van der Waals surface area contributed by atoms with Crippen molar-refractivity contribution in [3.63, 3.8) is 0 Å². The van der Waals surface area contributed by atoms with Crippen LogP contribution in [-0.4, -0.2) is 24.4 Å². The largest absolute Gasteiger partial charge is 0.342 e. The van der Waals surface area contributed by atoms with Crippen molar-refractivity contribution in [3.05, 3.63) is 42.0 Å². The summed E-state index contributed by atoms with van der Waals surface area (Å²) in [6, 6.07) is 10.0. The van der Waals surface area contributed by atoms with Crippen molar-refractivity contribution >= 4 is 12.0 Å². The first kappa shape index (κ1) is 10.5. The average Bonchev–Trinajstić information content (AvgIpc) is 2.19. The molecule has 2 nitrogen and oxygen atoms in total. The molecule has 1 aromatic carbocycles. The van der Waals surface area contributed by atoms with Crippen molar-refractivity contribution in [1.82, 2.24) is 4.90 Å². The van der Waals surface area contributed by atoms with Gasteiger partial charge in [0.05, 0.1) is 0 Å². The minimum atomic E-state index is 0.0858. The number of likely N-dealkylation sites (N-methyl/N-ethyl adjacent to an activating group) is 1. The van der Waals surface area contributed by atoms with Crippen LogP contribution < -0.4 is 0 Å². The van der Waals surface area contributed by atoms with Gasteiger partial charge in [-0.2, -0.15) is 0 Å². The van der Waals surface area contributed by atoms with Gasteiger partial charge in [-0.15, -0.1) is 0 Å². The second-order valence-electron chi connectivity index (χ2n) is 3.21. The Bertz CT molecular complexity index is 316. The Balaban J connectivity index is 2.46. The smallest absolute Gasteiger partial charge is 0.219 e. The molecule has 0 N–H and O–H groups in total. The zero-order valence-corrected chi connectivity index (χ0v) is 8.60.